The lowest BCUT2D eigenvalue weighted by Crippen LogP contribution is -2.29. The van der Waals surface area contributed by atoms with Crippen molar-refractivity contribution < 1.29 is 14.2 Å². The van der Waals surface area contributed by atoms with Crippen LogP contribution in [0.15, 0.2) is 28.7 Å². The van der Waals surface area contributed by atoms with Gasteiger partial charge in [0.05, 0.1) is 12.7 Å². The topological polar surface area (TPSA) is 27.7 Å². The van der Waals surface area contributed by atoms with Crippen molar-refractivity contribution >= 4 is 15.9 Å². The van der Waals surface area contributed by atoms with Crippen LogP contribution in [0.3, 0.4) is 0 Å². The van der Waals surface area contributed by atoms with Gasteiger partial charge in [-0.2, -0.15) is 0 Å². The Labute approximate surface area is 97.5 Å². The lowest BCUT2D eigenvalue weighted by Gasteiger charge is -2.22. The van der Waals surface area contributed by atoms with E-state index in [1.54, 1.807) is 0 Å². The molecule has 0 bridgehead atoms. The van der Waals surface area contributed by atoms with Gasteiger partial charge in [0.2, 0.25) is 0 Å². The normalized spacial score (nSPS) is 21.3. The summed E-state index contributed by atoms with van der Waals surface area (Å²) in [7, 11) is 0. The summed E-state index contributed by atoms with van der Waals surface area (Å²) in [5.74, 6) is 0.869. The van der Waals surface area contributed by atoms with E-state index in [0.717, 1.165) is 23.2 Å². The van der Waals surface area contributed by atoms with Gasteiger partial charge < -0.3 is 14.2 Å². The maximum absolute atomic E-state index is 5.60. The maximum atomic E-state index is 5.60. The number of halogens is 1. The van der Waals surface area contributed by atoms with Crippen LogP contribution >= 0.6 is 15.9 Å². The molecule has 82 valence electrons. The van der Waals surface area contributed by atoms with Gasteiger partial charge in [-0.1, -0.05) is 15.9 Å². The molecule has 0 aromatic heterocycles. The summed E-state index contributed by atoms with van der Waals surface area (Å²) in [4.78, 5) is 0. The van der Waals surface area contributed by atoms with Crippen LogP contribution in [-0.4, -0.2) is 26.1 Å². The third-order valence-electron chi connectivity index (χ3n) is 2.22. The van der Waals surface area contributed by atoms with E-state index in [1.807, 2.05) is 24.3 Å². The Morgan fingerprint density at radius 3 is 2.80 bits per heavy atom. The molecule has 1 atom stereocenters. The second kappa shape index (κ2) is 5.49. The quantitative estimate of drug-likeness (QED) is 0.847. The van der Waals surface area contributed by atoms with Crippen molar-refractivity contribution in [1.82, 2.24) is 0 Å². The molecule has 3 nitrogen and oxygen atoms in total. The van der Waals surface area contributed by atoms with E-state index < -0.39 is 0 Å². The van der Waals surface area contributed by atoms with Gasteiger partial charge in [-0.05, 0) is 24.3 Å². The van der Waals surface area contributed by atoms with E-state index in [4.69, 9.17) is 14.2 Å². The summed E-state index contributed by atoms with van der Waals surface area (Å²) in [6, 6.07) is 7.78. The Morgan fingerprint density at radius 1 is 1.33 bits per heavy atom. The van der Waals surface area contributed by atoms with Crippen LogP contribution in [0.5, 0.6) is 5.75 Å². The standard InChI is InChI=1S/C11H13BrO3/c12-9-1-3-10(4-2-9)14-7-11-5-6-13-8-15-11/h1-4,11H,5-8H2. The van der Waals surface area contributed by atoms with E-state index in [1.165, 1.54) is 0 Å². The highest BCUT2D eigenvalue weighted by Crippen LogP contribution is 2.17. The Balaban J connectivity index is 1.79. The van der Waals surface area contributed by atoms with Gasteiger partial charge in [0.25, 0.3) is 0 Å². The molecule has 0 N–H and O–H groups in total. The number of benzene rings is 1. The average molecular weight is 273 g/mol. The van der Waals surface area contributed by atoms with E-state index in [9.17, 15) is 0 Å². The third kappa shape index (κ3) is 3.48. The molecule has 0 amide bonds. The first-order valence-electron chi connectivity index (χ1n) is 4.92. The van der Waals surface area contributed by atoms with Crippen molar-refractivity contribution in [3.63, 3.8) is 0 Å². The second-order valence-electron chi connectivity index (χ2n) is 3.37. The van der Waals surface area contributed by atoms with Crippen LogP contribution in [0.2, 0.25) is 0 Å². The zero-order valence-electron chi connectivity index (χ0n) is 8.32. The zero-order valence-corrected chi connectivity index (χ0v) is 9.90. The fraction of sp³-hybridized carbons (Fsp3) is 0.455. The smallest absolute Gasteiger partial charge is 0.147 e. The first kappa shape index (κ1) is 10.9. The molecule has 1 aliphatic rings. The van der Waals surface area contributed by atoms with Gasteiger partial charge in [0, 0.05) is 10.9 Å². The van der Waals surface area contributed by atoms with Crippen LogP contribution in [0.25, 0.3) is 0 Å². The highest BCUT2D eigenvalue weighted by atomic mass is 79.9. The zero-order chi connectivity index (χ0) is 10.5. The average Bonchev–Trinajstić information content (AvgIpc) is 2.30. The summed E-state index contributed by atoms with van der Waals surface area (Å²) < 4.78 is 17.1. The molecule has 1 fully saturated rings. The molecule has 4 heteroatoms. The Bertz CT molecular complexity index is 293. The lowest BCUT2D eigenvalue weighted by molar-refractivity contribution is -0.147. The first-order chi connectivity index (χ1) is 7.34. The van der Waals surface area contributed by atoms with Gasteiger partial charge in [-0.15, -0.1) is 0 Å². The Hall–Kier alpha value is -0.580. The molecule has 0 spiro atoms. The fourth-order valence-corrected chi connectivity index (χ4v) is 1.62. The summed E-state index contributed by atoms with van der Waals surface area (Å²) in [5, 5.41) is 0. The molecule has 0 radical (unpaired) electrons. The molecule has 1 saturated heterocycles. The Morgan fingerprint density at radius 2 is 2.13 bits per heavy atom. The largest absolute Gasteiger partial charge is 0.491 e. The van der Waals surface area contributed by atoms with Gasteiger partial charge >= 0.3 is 0 Å². The van der Waals surface area contributed by atoms with Gasteiger partial charge in [0.15, 0.2) is 0 Å². The van der Waals surface area contributed by atoms with Crippen molar-refractivity contribution in [3.8, 4) is 5.75 Å². The molecule has 1 aromatic rings. The van der Waals surface area contributed by atoms with Crippen molar-refractivity contribution in [2.24, 2.45) is 0 Å². The van der Waals surface area contributed by atoms with Gasteiger partial charge in [0.1, 0.15) is 19.1 Å². The third-order valence-corrected chi connectivity index (χ3v) is 2.75. The molecule has 2 rings (SSSR count). The summed E-state index contributed by atoms with van der Waals surface area (Å²) in [6.45, 7) is 1.73. The minimum absolute atomic E-state index is 0.155. The van der Waals surface area contributed by atoms with Crippen LogP contribution in [0.4, 0.5) is 0 Å². The van der Waals surface area contributed by atoms with E-state index in [2.05, 4.69) is 15.9 Å². The van der Waals surface area contributed by atoms with Crippen molar-refractivity contribution in [3.05, 3.63) is 28.7 Å². The van der Waals surface area contributed by atoms with Crippen LogP contribution in [0, 0.1) is 0 Å². The SMILES string of the molecule is Brc1ccc(OCC2CCOCO2)cc1. The predicted octanol–water partition coefficient (Wildman–Crippen LogP) is 2.59. The molecule has 0 saturated carbocycles. The highest BCUT2D eigenvalue weighted by molar-refractivity contribution is 9.10. The molecule has 1 aromatic carbocycles. The van der Waals surface area contributed by atoms with Crippen molar-refractivity contribution in [1.29, 1.82) is 0 Å². The number of hydrogen-bond donors (Lipinski definition) is 0. The summed E-state index contributed by atoms with van der Waals surface area (Å²) >= 11 is 3.38. The molecule has 15 heavy (non-hydrogen) atoms. The lowest BCUT2D eigenvalue weighted by atomic mass is 10.2. The number of ether oxygens (including phenoxy) is 3. The number of hydrogen-bond acceptors (Lipinski definition) is 3. The molecular weight excluding hydrogens is 260 g/mol. The van der Waals surface area contributed by atoms with Crippen LogP contribution in [-0.2, 0) is 9.47 Å². The van der Waals surface area contributed by atoms with E-state index in [0.29, 0.717) is 13.4 Å². The van der Waals surface area contributed by atoms with E-state index in [-0.39, 0.29) is 6.10 Å². The molecular formula is C11H13BrO3. The predicted molar refractivity (Wildman–Crippen MR) is 59.9 cm³/mol. The maximum Gasteiger partial charge on any atom is 0.147 e. The molecule has 1 unspecified atom stereocenters. The number of rotatable bonds is 3. The van der Waals surface area contributed by atoms with E-state index >= 15 is 0 Å². The minimum Gasteiger partial charge on any atom is -0.491 e. The molecule has 0 aliphatic carbocycles. The van der Waals surface area contributed by atoms with Gasteiger partial charge in [-0.25, -0.2) is 0 Å². The first-order valence-corrected chi connectivity index (χ1v) is 5.71. The summed E-state index contributed by atoms with van der Waals surface area (Å²) in [5.41, 5.74) is 0. The van der Waals surface area contributed by atoms with Crippen LogP contribution < -0.4 is 4.74 Å². The van der Waals surface area contributed by atoms with Crippen LogP contribution in [0.1, 0.15) is 6.42 Å². The molecule has 1 heterocycles. The highest BCUT2D eigenvalue weighted by Gasteiger charge is 2.14. The summed E-state index contributed by atoms with van der Waals surface area (Å²) in [6.07, 6.45) is 1.05. The van der Waals surface area contributed by atoms with Crippen molar-refractivity contribution in [2.75, 3.05) is 20.0 Å². The molecule has 1 aliphatic heterocycles. The Kier molecular flexibility index (Phi) is 4.00. The second-order valence-corrected chi connectivity index (χ2v) is 4.28. The van der Waals surface area contributed by atoms with Gasteiger partial charge in [-0.3, -0.25) is 0 Å². The fourth-order valence-electron chi connectivity index (χ4n) is 1.35. The monoisotopic (exact) mass is 272 g/mol. The van der Waals surface area contributed by atoms with Crippen molar-refractivity contribution in [2.45, 2.75) is 12.5 Å². The minimum atomic E-state index is 0.155.